The SMILES string of the molecule is CCCNCc1cc(N2CCCC2CN(C)C)ncc1Cl. The van der Waals surface area contributed by atoms with Gasteiger partial charge in [0.1, 0.15) is 5.82 Å². The second-order valence-electron chi connectivity index (χ2n) is 6.06. The maximum absolute atomic E-state index is 6.27. The van der Waals surface area contributed by atoms with Crippen LogP contribution in [0.2, 0.25) is 5.02 Å². The largest absolute Gasteiger partial charge is 0.352 e. The Morgan fingerprint density at radius 3 is 3.00 bits per heavy atom. The number of pyridine rings is 1. The van der Waals surface area contributed by atoms with Crippen LogP contribution >= 0.6 is 11.6 Å². The molecule has 1 aromatic heterocycles. The summed E-state index contributed by atoms with van der Waals surface area (Å²) >= 11 is 6.27. The first-order valence-corrected chi connectivity index (χ1v) is 8.26. The third-order valence-corrected chi connectivity index (χ3v) is 4.25. The number of hydrogen-bond donors (Lipinski definition) is 1. The van der Waals surface area contributed by atoms with Crippen LogP contribution in [0.4, 0.5) is 5.82 Å². The fraction of sp³-hybridized carbons (Fsp3) is 0.688. The molecule has 1 N–H and O–H groups in total. The average molecular weight is 311 g/mol. The van der Waals surface area contributed by atoms with Crippen LogP contribution in [0.1, 0.15) is 31.7 Å². The van der Waals surface area contributed by atoms with Crippen LogP contribution in [0.25, 0.3) is 0 Å². The van der Waals surface area contributed by atoms with E-state index in [9.17, 15) is 0 Å². The van der Waals surface area contributed by atoms with Crippen LogP contribution in [0.5, 0.6) is 0 Å². The Labute approximate surface area is 133 Å². The van der Waals surface area contributed by atoms with Gasteiger partial charge in [0.25, 0.3) is 0 Å². The standard InChI is InChI=1S/C16H27ClN4/c1-4-7-18-10-13-9-16(19-11-15(13)17)21-8-5-6-14(21)12-20(2)3/h9,11,14,18H,4-8,10,12H2,1-3H3. The van der Waals surface area contributed by atoms with E-state index >= 15 is 0 Å². The van der Waals surface area contributed by atoms with Crippen molar-refractivity contribution in [2.75, 3.05) is 38.6 Å². The Balaban J connectivity index is 2.10. The van der Waals surface area contributed by atoms with Crippen molar-refractivity contribution in [1.29, 1.82) is 0 Å². The van der Waals surface area contributed by atoms with Gasteiger partial charge in [0.05, 0.1) is 5.02 Å². The van der Waals surface area contributed by atoms with Gasteiger partial charge in [-0.15, -0.1) is 0 Å². The Hall–Kier alpha value is -0.840. The summed E-state index contributed by atoms with van der Waals surface area (Å²) in [6.45, 7) is 6.17. The van der Waals surface area contributed by atoms with E-state index in [1.165, 1.54) is 12.8 Å². The lowest BCUT2D eigenvalue weighted by atomic mass is 10.2. The molecule has 0 aromatic carbocycles. The molecule has 0 aliphatic carbocycles. The summed E-state index contributed by atoms with van der Waals surface area (Å²) in [6.07, 6.45) is 5.41. The quantitative estimate of drug-likeness (QED) is 0.785. The van der Waals surface area contributed by atoms with Gasteiger partial charge in [-0.2, -0.15) is 0 Å². The molecule has 0 bridgehead atoms. The highest BCUT2D eigenvalue weighted by molar-refractivity contribution is 6.31. The molecule has 1 aliphatic rings. The van der Waals surface area contributed by atoms with E-state index in [4.69, 9.17) is 11.6 Å². The number of rotatable bonds is 7. The van der Waals surface area contributed by atoms with Crippen molar-refractivity contribution < 1.29 is 0 Å². The molecule has 0 amide bonds. The lowest BCUT2D eigenvalue weighted by Crippen LogP contribution is -2.38. The molecule has 118 valence electrons. The highest BCUT2D eigenvalue weighted by Crippen LogP contribution is 2.27. The molecule has 4 nitrogen and oxygen atoms in total. The second-order valence-corrected chi connectivity index (χ2v) is 6.47. The number of nitrogens with one attached hydrogen (secondary N) is 1. The summed E-state index contributed by atoms with van der Waals surface area (Å²) < 4.78 is 0. The first kappa shape index (κ1) is 16.5. The molecular weight excluding hydrogens is 284 g/mol. The number of hydrogen-bond acceptors (Lipinski definition) is 4. The summed E-state index contributed by atoms with van der Waals surface area (Å²) in [6, 6.07) is 2.71. The van der Waals surface area contributed by atoms with Crippen LogP contribution in [0.3, 0.4) is 0 Å². The zero-order valence-electron chi connectivity index (χ0n) is 13.4. The van der Waals surface area contributed by atoms with Crippen LogP contribution in [-0.2, 0) is 6.54 Å². The van der Waals surface area contributed by atoms with Crippen molar-refractivity contribution in [3.63, 3.8) is 0 Å². The Morgan fingerprint density at radius 2 is 2.29 bits per heavy atom. The van der Waals surface area contributed by atoms with Gasteiger partial charge >= 0.3 is 0 Å². The fourth-order valence-electron chi connectivity index (χ4n) is 2.91. The van der Waals surface area contributed by atoms with Crippen molar-refractivity contribution in [1.82, 2.24) is 15.2 Å². The van der Waals surface area contributed by atoms with Crippen molar-refractivity contribution >= 4 is 17.4 Å². The fourth-order valence-corrected chi connectivity index (χ4v) is 3.08. The van der Waals surface area contributed by atoms with Gasteiger partial charge in [-0.1, -0.05) is 18.5 Å². The Kier molecular flexibility index (Phi) is 6.27. The molecule has 0 saturated carbocycles. The molecule has 1 aliphatic heterocycles. The first-order valence-electron chi connectivity index (χ1n) is 7.88. The Bertz CT molecular complexity index is 450. The van der Waals surface area contributed by atoms with Gasteiger partial charge in [0.15, 0.2) is 0 Å². The van der Waals surface area contributed by atoms with Gasteiger partial charge < -0.3 is 15.1 Å². The molecule has 2 rings (SSSR count). The van der Waals surface area contributed by atoms with Crippen LogP contribution in [0, 0.1) is 0 Å². The van der Waals surface area contributed by atoms with Gasteiger partial charge in [-0.3, -0.25) is 0 Å². The van der Waals surface area contributed by atoms with E-state index in [0.717, 1.165) is 49.0 Å². The number of anilines is 1. The maximum Gasteiger partial charge on any atom is 0.129 e. The van der Waals surface area contributed by atoms with Crippen LogP contribution < -0.4 is 10.2 Å². The molecule has 2 heterocycles. The molecule has 1 atom stereocenters. The highest BCUT2D eigenvalue weighted by atomic mass is 35.5. The van der Waals surface area contributed by atoms with E-state index < -0.39 is 0 Å². The summed E-state index contributed by atoms with van der Waals surface area (Å²) in [4.78, 5) is 9.24. The minimum Gasteiger partial charge on any atom is -0.352 e. The van der Waals surface area contributed by atoms with Crippen molar-refractivity contribution in [3.05, 3.63) is 22.8 Å². The minimum absolute atomic E-state index is 0.560. The van der Waals surface area contributed by atoms with Gasteiger partial charge in [-0.05, 0) is 51.5 Å². The summed E-state index contributed by atoms with van der Waals surface area (Å²) in [5.41, 5.74) is 1.14. The molecule has 0 radical (unpaired) electrons. The lowest BCUT2D eigenvalue weighted by molar-refractivity contribution is 0.371. The summed E-state index contributed by atoms with van der Waals surface area (Å²) in [5.74, 6) is 1.07. The molecule has 21 heavy (non-hydrogen) atoms. The lowest BCUT2D eigenvalue weighted by Gasteiger charge is -2.28. The van der Waals surface area contributed by atoms with Crippen LogP contribution in [0.15, 0.2) is 12.3 Å². The summed E-state index contributed by atoms with van der Waals surface area (Å²) in [5, 5.41) is 4.17. The minimum atomic E-state index is 0.560. The van der Waals surface area contributed by atoms with E-state index in [0.29, 0.717) is 6.04 Å². The van der Waals surface area contributed by atoms with E-state index in [-0.39, 0.29) is 0 Å². The zero-order valence-corrected chi connectivity index (χ0v) is 14.2. The third-order valence-electron chi connectivity index (χ3n) is 3.91. The van der Waals surface area contributed by atoms with Gasteiger partial charge in [0.2, 0.25) is 0 Å². The average Bonchev–Trinajstić information content (AvgIpc) is 2.88. The first-order chi connectivity index (χ1) is 10.1. The van der Waals surface area contributed by atoms with E-state index in [1.54, 1.807) is 6.20 Å². The number of halogens is 1. The molecule has 0 spiro atoms. The molecule has 5 heteroatoms. The number of likely N-dealkylation sites (N-methyl/N-ethyl adjacent to an activating group) is 1. The molecule has 1 aromatic rings. The Morgan fingerprint density at radius 1 is 1.48 bits per heavy atom. The highest BCUT2D eigenvalue weighted by Gasteiger charge is 2.26. The van der Waals surface area contributed by atoms with Crippen molar-refractivity contribution in [3.8, 4) is 0 Å². The molecular formula is C16H27ClN4. The number of aromatic nitrogens is 1. The normalized spacial score (nSPS) is 18.7. The molecule has 1 fully saturated rings. The van der Waals surface area contributed by atoms with Crippen LogP contribution in [-0.4, -0.2) is 49.7 Å². The smallest absolute Gasteiger partial charge is 0.129 e. The van der Waals surface area contributed by atoms with E-state index in [2.05, 4.69) is 47.2 Å². The van der Waals surface area contributed by atoms with Gasteiger partial charge in [0, 0.05) is 31.9 Å². The second kappa shape index (κ2) is 7.97. The van der Waals surface area contributed by atoms with Gasteiger partial charge in [-0.25, -0.2) is 4.98 Å². The zero-order chi connectivity index (χ0) is 15.2. The predicted octanol–water partition coefficient (Wildman–Crippen LogP) is 2.77. The predicted molar refractivity (Wildman–Crippen MR) is 90.2 cm³/mol. The molecule has 1 unspecified atom stereocenters. The maximum atomic E-state index is 6.27. The third kappa shape index (κ3) is 4.56. The van der Waals surface area contributed by atoms with E-state index in [1.807, 2.05) is 0 Å². The monoisotopic (exact) mass is 310 g/mol. The molecule has 1 saturated heterocycles. The van der Waals surface area contributed by atoms with Crippen molar-refractivity contribution in [2.24, 2.45) is 0 Å². The van der Waals surface area contributed by atoms with Crippen molar-refractivity contribution in [2.45, 2.75) is 38.8 Å². The summed E-state index contributed by atoms with van der Waals surface area (Å²) in [7, 11) is 4.26. The topological polar surface area (TPSA) is 31.4 Å². The number of nitrogens with zero attached hydrogens (tertiary/aromatic N) is 3.